The van der Waals surface area contributed by atoms with Crippen LogP contribution in [-0.4, -0.2) is 72.3 Å². The lowest BCUT2D eigenvalue weighted by Crippen LogP contribution is -2.56. The summed E-state index contributed by atoms with van der Waals surface area (Å²) in [6.07, 6.45) is 2.24. The molecule has 0 aliphatic carbocycles. The van der Waals surface area contributed by atoms with E-state index in [-0.39, 0.29) is 36.5 Å². The molecule has 2 saturated heterocycles. The molecule has 0 spiro atoms. The van der Waals surface area contributed by atoms with E-state index in [1.165, 1.54) is 16.2 Å². The Kier molecular flexibility index (Phi) is 5.67. The van der Waals surface area contributed by atoms with E-state index in [1.807, 2.05) is 6.07 Å². The zero-order chi connectivity index (χ0) is 20.6. The van der Waals surface area contributed by atoms with Gasteiger partial charge in [0.2, 0.25) is 5.91 Å². The molecule has 1 aromatic heterocycles. The molecule has 1 N–H and O–H groups in total. The van der Waals surface area contributed by atoms with Crippen LogP contribution in [0.4, 0.5) is 9.93 Å². The lowest BCUT2D eigenvalue weighted by Gasteiger charge is -2.39. The van der Waals surface area contributed by atoms with Crippen LogP contribution in [-0.2, 0) is 14.6 Å². The summed E-state index contributed by atoms with van der Waals surface area (Å²) in [5.41, 5.74) is 0.712. The molecule has 8 nitrogen and oxygen atoms in total. The number of nitrogens with zero attached hydrogens (tertiary/aromatic N) is 3. The first kappa shape index (κ1) is 20.4. The van der Waals surface area contributed by atoms with Gasteiger partial charge in [0.05, 0.1) is 21.7 Å². The standard InChI is InChI=1S/C18H21ClN4O4S2/c19-12-4-5-15-13(11-12)20-17(28-15)21-16(24)14-3-1-2-6-23(14)18(25)22-7-9-29(26,27)10-8-22/h4-5,11,14H,1-3,6-10H2,(H,20,21,24)/t14-/m0/s1. The second kappa shape index (κ2) is 8.08. The van der Waals surface area contributed by atoms with Crippen LogP contribution < -0.4 is 5.32 Å². The van der Waals surface area contributed by atoms with Crippen molar-refractivity contribution in [1.82, 2.24) is 14.8 Å². The number of thiazole rings is 1. The predicted molar refractivity (Wildman–Crippen MR) is 113 cm³/mol. The Labute approximate surface area is 177 Å². The average Bonchev–Trinajstić information content (AvgIpc) is 3.08. The Morgan fingerprint density at radius 3 is 2.69 bits per heavy atom. The Morgan fingerprint density at radius 1 is 1.17 bits per heavy atom. The fourth-order valence-corrected chi connectivity index (χ4v) is 5.88. The number of amides is 3. The second-order valence-corrected chi connectivity index (χ2v) is 11.0. The fraction of sp³-hybridized carbons (Fsp3) is 0.500. The molecular formula is C18H21ClN4O4S2. The van der Waals surface area contributed by atoms with E-state index in [0.717, 1.165) is 17.5 Å². The molecule has 4 rings (SSSR count). The van der Waals surface area contributed by atoms with Gasteiger partial charge in [0, 0.05) is 24.7 Å². The van der Waals surface area contributed by atoms with Crippen LogP contribution in [0.1, 0.15) is 19.3 Å². The van der Waals surface area contributed by atoms with Crippen LogP contribution in [0.2, 0.25) is 5.02 Å². The van der Waals surface area contributed by atoms with Crippen LogP contribution in [0.5, 0.6) is 0 Å². The molecule has 0 radical (unpaired) electrons. The number of sulfone groups is 1. The van der Waals surface area contributed by atoms with E-state index in [9.17, 15) is 18.0 Å². The van der Waals surface area contributed by atoms with E-state index in [0.29, 0.717) is 28.6 Å². The number of anilines is 1. The van der Waals surface area contributed by atoms with Gasteiger partial charge in [0.15, 0.2) is 15.0 Å². The van der Waals surface area contributed by atoms with Crippen LogP contribution in [0.15, 0.2) is 18.2 Å². The quantitative estimate of drug-likeness (QED) is 0.748. The number of carbonyl (C=O) groups excluding carboxylic acids is 2. The molecule has 0 bridgehead atoms. The summed E-state index contributed by atoms with van der Waals surface area (Å²) in [7, 11) is -3.07. The van der Waals surface area contributed by atoms with Gasteiger partial charge in [-0.15, -0.1) is 0 Å². The normalized spacial score (nSPS) is 21.9. The largest absolute Gasteiger partial charge is 0.323 e. The summed E-state index contributed by atoms with van der Waals surface area (Å²) in [6, 6.07) is 4.50. The summed E-state index contributed by atoms with van der Waals surface area (Å²) in [4.78, 5) is 33.4. The minimum atomic E-state index is -3.07. The first-order valence-electron chi connectivity index (χ1n) is 9.45. The summed E-state index contributed by atoms with van der Waals surface area (Å²) in [5, 5.41) is 3.88. The maximum atomic E-state index is 13.0. The molecule has 2 aliphatic rings. The average molecular weight is 457 g/mol. The lowest BCUT2D eigenvalue weighted by atomic mass is 10.0. The number of rotatable bonds is 2. The predicted octanol–water partition coefficient (Wildman–Crippen LogP) is 2.59. The van der Waals surface area contributed by atoms with Gasteiger partial charge < -0.3 is 15.1 Å². The number of halogens is 1. The van der Waals surface area contributed by atoms with Crippen molar-refractivity contribution in [1.29, 1.82) is 0 Å². The van der Waals surface area contributed by atoms with Crippen LogP contribution >= 0.6 is 22.9 Å². The van der Waals surface area contributed by atoms with Gasteiger partial charge in [0.1, 0.15) is 6.04 Å². The molecule has 1 aromatic carbocycles. The smallest absolute Gasteiger partial charge is 0.320 e. The first-order chi connectivity index (χ1) is 13.8. The number of hydrogen-bond donors (Lipinski definition) is 1. The number of nitrogens with one attached hydrogen (secondary N) is 1. The maximum absolute atomic E-state index is 13.0. The summed E-state index contributed by atoms with van der Waals surface area (Å²) >= 11 is 7.35. The van der Waals surface area contributed by atoms with Crippen molar-refractivity contribution in [2.75, 3.05) is 36.5 Å². The highest BCUT2D eigenvalue weighted by Gasteiger charge is 2.36. The van der Waals surface area contributed by atoms with Gasteiger partial charge in [-0.2, -0.15) is 0 Å². The minimum absolute atomic E-state index is 0.0301. The Hall–Kier alpha value is -1.91. The zero-order valence-electron chi connectivity index (χ0n) is 15.6. The van der Waals surface area contributed by atoms with E-state index in [1.54, 1.807) is 17.0 Å². The molecule has 29 heavy (non-hydrogen) atoms. The molecule has 3 amide bonds. The number of benzene rings is 1. The number of urea groups is 1. The molecule has 2 aromatic rings. The summed E-state index contributed by atoms with van der Waals surface area (Å²) < 4.78 is 24.2. The number of likely N-dealkylation sites (tertiary alicyclic amines) is 1. The van der Waals surface area contributed by atoms with Crippen molar-refractivity contribution < 1.29 is 18.0 Å². The summed E-state index contributed by atoms with van der Waals surface area (Å²) in [5.74, 6) is -0.331. The highest BCUT2D eigenvalue weighted by atomic mass is 35.5. The van der Waals surface area contributed by atoms with Crippen molar-refractivity contribution in [2.45, 2.75) is 25.3 Å². The summed E-state index contributed by atoms with van der Waals surface area (Å²) in [6.45, 7) is 0.824. The topological polar surface area (TPSA) is 99.7 Å². The molecule has 1 atom stereocenters. The molecule has 0 unspecified atom stereocenters. The Bertz CT molecular complexity index is 1040. The van der Waals surface area contributed by atoms with Gasteiger partial charge >= 0.3 is 6.03 Å². The SMILES string of the molecule is O=C(Nc1nc2cc(Cl)ccc2s1)[C@@H]1CCCCN1C(=O)N1CCS(=O)(=O)CC1. The van der Waals surface area contributed by atoms with Gasteiger partial charge in [-0.3, -0.25) is 4.79 Å². The highest BCUT2D eigenvalue weighted by molar-refractivity contribution is 7.91. The Morgan fingerprint density at radius 2 is 1.93 bits per heavy atom. The molecule has 3 heterocycles. The molecule has 0 saturated carbocycles. The van der Waals surface area contributed by atoms with Crippen molar-refractivity contribution in [3.63, 3.8) is 0 Å². The third-order valence-electron chi connectivity index (χ3n) is 5.25. The molecular weight excluding hydrogens is 436 g/mol. The third kappa shape index (κ3) is 4.49. The fourth-order valence-electron chi connectivity index (χ4n) is 3.66. The minimum Gasteiger partial charge on any atom is -0.323 e. The molecule has 156 valence electrons. The van der Waals surface area contributed by atoms with Crippen LogP contribution in [0.3, 0.4) is 0 Å². The van der Waals surface area contributed by atoms with Gasteiger partial charge in [0.25, 0.3) is 0 Å². The van der Waals surface area contributed by atoms with Gasteiger partial charge in [-0.05, 0) is 37.5 Å². The van der Waals surface area contributed by atoms with Gasteiger partial charge in [-0.25, -0.2) is 18.2 Å². The zero-order valence-corrected chi connectivity index (χ0v) is 18.0. The molecule has 2 fully saturated rings. The third-order valence-corrected chi connectivity index (χ3v) is 8.04. The number of carbonyl (C=O) groups is 2. The van der Waals surface area contributed by atoms with Gasteiger partial charge in [-0.1, -0.05) is 22.9 Å². The highest BCUT2D eigenvalue weighted by Crippen LogP contribution is 2.29. The van der Waals surface area contributed by atoms with Crippen LogP contribution in [0, 0.1) is 0 Å². The van der Waals surface area contributed by atoms with Crippen molar-refractivity contribution in [3.05, 3.63) is 23.2 Å². The lowest BCUT2D eigenvalue weighted by molar-refractivity contribution is -0.121. The van der Waals surface area contributed by atoms with Crippen molar-refractivity contribution in [2.24, 2.45) is 0 Å². The van der Waals surface area contributed by atoms with E-state index in [2.05, 4.69) is 10.3 Å². The van der Waals surface area contributed by atoms with Crippen LogP contribution in [0.25, 0.3) is 10.2 Å². The number of hydrogen-bond acceptors (Lipinski definition) is 6. The second-order valence-electron chi connectivity index (χ2n) is 7.25. The Balaban J connectivity index is 1.47. The van der Waals surface area contributed by atoms with E-state index < -0.39 is 15.9 Å². The number of piperidine rings is 1. The van der Waals surface area contributed by atoms with Crippen molar-refractivity contribution in [3.8, 4) is 0 Å². The first-order valence-corrected chi connectivity index (χ1v) is 12.5. The molecule has 11 heteroatoms. The monoisotopic (exact) mass is 456 g/mol. The number of fused-ring (bicyclic) bond motifs is 1. The van der Waals surface area contributed by atoms with E-state index in [4.69, 9.17) is 11.6 Å². The van der Waals surface area contributed by atoms with Crippen molar-refractivity contribution >= 4 is 60.1 Å². The van der Waals surface area contributed by atoms with E-state index >= 15 is 0 Å². The number of aromatic nitrogens is 1. The molecule has 2 aliphatic heterocycles. The maximum Gasteiger partial charge on any atom is 0.320 e.